The number of anilines is 1. The molecule has 1 aliphatic heterocycles. The molecule has 1 heterocycles. The molecular formula is C25H26N4O7S2. The van der Waals surface area contributed by atoms with Gasteiger partial charge in [0.05, 0.1) is 23.0 Å². The van der Waals surface area contributed by atoms with Crippen molar-refractivity contribution in [2.24, 2.45) is 0 Å². The fourth-order valence-corrected chi connectivity index (χ4v) is 6.19. The molecule has 4 rings (SSSR count). The monoisotopic (exact) mass is 558 g/mol. The number of amides is 2. The van der Waals surface area contributed by atoms with Gasteiger partial charge in [0.25, 0.3) is 21.8 Å². The number of rotatable bonds is 7. The topological polar surface area (TPSA) is 151 Å². The summed E-state index contributed by atoms with van der Waals surface area (Å²) in [6.07, 6.45) is 0. The van der Waals surface area contributed by atoms with E-state index < -0.39 is 31.9 Å². The summed E-state index contributed by atoms with van der Waals surface area (Å²) in [7, 11) is -7.78. The molecule has 1 saturated heterocycles. The molecule has 3 aromatic carbocycles. The number of nitrogens with zero attached hydrogens (tertiary/aromatic N) is 1. The molecular weight excluding hydrogens is 532 g/mol. The molecule has 11 nitrogen and oxygen atoms in total. The molecule has 3 N–H and O–H groups in total. The van der Waals surface area contributed by atoms with Gasteiger partial charge in [0.15, 0.2) is 0 Å². The summed E-state index contributed by atoms with van der Waals surface area (Å²) in [5.41, 5.74) is 5.79. The van der Waals surface area contributed by atoms with Crippen LogP contribution in [0, 0.1) is 6.92 Å². The lowest BCUT2D eigenvalue weighted by Gasteiger charge is -2.26. The second-order valence-electron chi connectivity index (χ2n) is 8.45. The Labute approximate surface area is 220 Å². The zero-order valence-corrected chi connectivity index (χ0v) is 22.0. The molecule has 0 radical (unpaired) electrons. The van der Waals surface area contributed by atoms with Crippen LogP contribution >= 0.6 is 0 Å². The highest BCUT2D eigenvalue weighted by molar-refractivity contribution is 7.92. The summed E-state index contributed by atoms with van der Waals surface area (Å²) < 4.78 is 60.2. The Morgan fingerprint density at radius 2 is 1.29 bits per heavy atom. The van der Waals surface area contributed by atoms with Crippen LogP contribution in [-0.2, 0) is 24.8 Å². The van der Waals surface area contributed by atoms with Gasteiger partial charge in [-0.3, -0.25) is 25.2 Å². The van der Waals surface area contributed by atoms with Crippen LogP contribution in [0.25, 0.3) is 0 Å². The zero-order valence-electron chi connectivity index (χ0n) is 20.4. The normalized spacial score (nSPS) is 14.4. The fraction of sp³-hybridized carbons (Fsp3) is 0.200. The van der Waals surface area contributed by atoms with Crippen molar-refractivity contribution >= 4 is 37.5 Å². The number of nitrogens with one attached hydrogen (secondary N) is 3. The second kappa shape index (κ2) is 11.3. The molecule has 0 bridgehead atoms. The molecule has 0 spiro atoms. The van der Waals surface area contributed by atoms with Gasteiger partial charge in [-0.2, -0.15) is 4.31 Å². The van der Waals surface area contributed by atoms with Gasteiger partial charge in [0.2, 0.25) is 10.0 Å². The molecule has 1 aliphatic rings. The van der Waals surface area contributed by atoms with Crippen LogP contribution in [0.5, 0.6) is 0 Å². The summed E-state index contributed by atoms with van der Waals surface area (Å²) >= 11 is 0. The van der Waals surface area contributed by atoms with Crippen molar-refractivity contribution in [2.75, 3.05) is 31.0 Å². The third-order valence-corrected chi connectivity index (χ3v) is 8.98. The first-order valence-corrected chi connectivity index (χ1v) is 14.5. The van der Waals surface area contributed by atoms with E-state index in [2.05, 4.69) is 15.6 Å². The second-order valence-corrected chi connectivity index (χ2v) is 12.1. The highest BCUT2D eigenvalue weighted by Crippen LogP contribution is 2.19. The van der Waals surface area contributed by atoms with E-state index in [1.807, 2.05) is 6.92 Å². The molecule has 1 fully saturated rings. The largest absolute Gasteiger partial charge is 0.379 e. The molecule has 2 amide bonds. The van der Waals surface area contributed by atoms with Gasteiger partial charge in [0, 0.05) is 29.9 Å². The standard InChI is InChI=1S/C25H26N4O7S2/c1-18-8-10-21(11-9-18)28-37(32,33)22-6-2-4-19(16-22)24(30)26-27-25(31)20-5-3-7-23(17-20)38(34,35)29-12-14-36-15-13-29/h2-11,16-17,28H,12-15H2,1H3,(H,26,30)(H,27,31). The van der Waals surface area contributed by atoms with E-state index in [1.54, 1.807) is 24.3 Å². The maximum atomic E-state index is 12.9. The number of hydrogen-bond acceptors (Lipinski definition) is 7. The van der Waals surface area contributed by atoms with Crippen molar-refractivity contribution in [3.8, 4) is 0 Å². The lowest BCUT2D eigenvalue weighted by atomic mass is 10.2. The Kier molecular flexibility index (Phi) is 8.11. The van der Waals surface area contributed by atoms with Gasteiger partial charge in [-0.25, -0.2) is 16.8 Å². The maximum absolute atomic E-state index is 12.9. The van der Waals surface area contributed by atoms with Crippen molar-refractivity contribution in [2.45, 2.75) is 16.7 Å². The van der Waals surface area contributed by atoms with Crippen LogP contribution in [0.2, 0.25) is 0 Å². The smallest absolute Gasteiger partial charge is 0.269 e. The zero-order chi connectivity index (χ0) is 27.3. The first kappa shape index (κ1) is 27.3. The highest BCUT2D eigenvalue weighted by atomic mass is 32.2. The van der Waals surface area contributed by atoms with Crippen LogP contribution in [-0.4, -0.2) is 59.3 Å². The fourth-order valence-electron chi connectivity index (χ4n) is 3.63. The summed E-state index contributed by atoms with van der Waals surface area (Å²) in [6, 6.07) is 17.5. The Balaban J connectivity index is 1.42. The number of carbonyl (C=O) groups excluding carboxylic acids is 2. The van der Waals surface area contributed by atoms with Crippen molar-refractivity contribution in [1.29, 1.82) is 0 Å². The van der Waals surface area contributed by atoms with Crippen molar-refractivity contribution < 1.29 is 31.2 Å². The summed E-state index contributed by atoms with van der Waals surface area (Å²) in [6.45, 7) is 2.88. The maximum Gasteiger partial charge on any atom is 0.269 e. The van der Waals surface area contributed by atoms with Crippen LogP contribution in [0.3, 0.4) is 0 Å². The number of aryl methyl sites for hydroxylation is 1. The highest BCUT2D eigenvalue weighted by Gasteiger charge is 2.27. The number of morpholine rings is 1. The number of sulfonamides is 2. The first-order valence-electron chi connectivity index (χ1n) is 11.5. The van der Waals surface area contributed by atoms with E-state index in [4.69, 9.17) is 4.74 Å². The lowest BCUT2D eigenvalue weighted by molar-refractivity contribution is 0.0730. The van der Waals surface area contributed by atoms with E-state index in [-0.39, 0.29) is 47.2 Å². The quantitative estimate of drug-likeness (QED) is 0.375. The van der Waals surface area contributed by atoms with Gasteiger partial charge in [-0.1, -0.05) is 29.8 Å². The van der Waals surface area contributed by atoms with E-state index in [9.17, 15) is 26.4 Å². The van der Waals surface area contributed by atoms with Crippen molar-refractivity contribution in [3.05, 3.63) is 89.5 Å². The number of benzene rings is 3. The minimum Gasteiger partial charge on any atom is -0.379 e. The number of carbonyl (C=O) groups is 2. The minimum absolute atomic E-state index is 0.0123. The number of ether oxygens (including phenoxy) is 1. The SMILES string of the molecule is Cc1ccc(NS(=O)(=O)c2cccc(C(=O)NNC(=O)c3cccc(S(=O)(=O)N4CCOCC4)c3)c2)cc1. The number of hydrogen-bond donors (Lipinski definition) is 3. The van der Waals surface area contributed by atoms with Crippen LogP contribution < -0.4 is 15.6 Å². The van der Waals surface area contributed by atoms with Gasteiger partial charge in [-0.15, -0.1) is 0 Å². The van der Waals surface area contributed by atoms with Gasteiger partial charge in [-0.05, 0) is 55.5 Å². The Bertz CT molecular complexity index is 1550. The molecule has 0 saturated carbocycles. The van der Waals surface area contributed by atoms with Crippen LogP contribution in [0.1, 0.15) is 26.3 Å². The summed E-state index contributed by atoms with van der Waals surface area (Å²) in [5.74, 6) is -1.51. The average Bonchev–Trinajstić information content (AvgIpc) is 2.93. The molecule has 0 aromatic heterocycles. The van der Waals surface area contributed by atoms with Crippen molar-refractivity contribution in [3.63, 3.8) is 0 Å². The van der Waals surface area contributed by atoms with Crippen LogP contribution in [0.4, 0.5) is 5.69 Å². The molecule has 13 heteroatoms. The van der Waals surface area contributed by atoms with Crippen molar-refractivity contribution in [1.82, 2.24) is 15.2 Å². The van der Waals surface area contributed by atoms with Gasteiger partial charge < -0.3 is 4.74 Å². The Morgan fingerprint density at radius 3 is 1.87 bits per heavy atom. The van der Waals surface area contributed by atoms with Gasteiger partial charge >= 0.3 is 0 Å². The Morgan fingerprint density at radius 1 is 0.763 bits per heavy atom. The average molecular weight is 559 g/mol. The van der Waals surface area contributed by atoms with E-state index in [1.165, 1.54) is 52.8 Å². The predicted octanol–water partition coefficient (Wildman–Crippen LogP) is 1.89. The molecule has 0 atom stereocenters. The van der Waals surface area contributed by atoms with Gasteiger partial charge in [0.1, 0.15) is 0 Å². The molecule has 3 aromatic rings. The summed E-state index contributed by atoms with van der Waals surface area (Å²) in [5, 5.41) is 0. The molecule has 200 valence electrons. The third kappa shape index (κ3) is 6.37. The minimum atomic E-state index is -3.97. The number of hydrazine groups is 1. The van der Waals surface area contributed by atoms with Crippen LogP contribution in [0.15, 0.2) is 82.6 Å². The summed E-state index contributed by atoms with van der Waals surface area (Å²) in [4.78, 5) is 25.1. The Hall–Kier alpha value is -3.78. The first-order chi connectivity index (χ1) is 18.1. The molecule has 0 aliphatic carbocycles. The predicted molar refractivity (Wildman–Crippen MR) is 139 cm³/mol. The molecule has 0 unspecified atom stereocenters. The van der Waals surface area contributed by atoms with E-state index in [0.717, 1.165) is 5.56 Å². The lowest BCUT2D eigenvalue weighted by Crippen LogP contribution is -2.42. The van der Waals surface area contributed by atoms with E-state index in [0.29, 0.717) is 5.69 Å². The van der Waals surface area contributed by atoms with E-state index >= 15 is 0 Å². The third-order valence-electron chi connectivity index (χ3n) is 5.70. The molecule has 38 heavy (non-hydrogen) atoms.